The van der Waals surface area contributed by atoms with Gasteiger partial charge in [0.15, 0.2) is 0 Å². The standard InChI is InChI=1S/C21H19F2N3O4/c22-12-3-6-16(23)15(8-12)19(28)24-13-9-18-20(29)25-17(21(30)26(18)10-13)7-11-1-4-14(27)5-2-11/h1-6,8,13,17-18,27H,7,9-10H2,(H,24,28)(H,25,29)/t13-,17-,18-/m0/s1. The number of nitrogens with zero attached hydrogens (tertiary/aromatic N) is 1. The molecule has 2 saturated heterocycles. The fourth-order valence-corrected chi connectivity index (χ4v) is 3.90. The third kappa shape index (κ3) is 3.83. The molecule has 2 aromatic rings. The molecule has 7 nitrogen and oxygen atoms in total. The summed E-state index contributed by atoms with van der Waals surface area (Å²) in [5.74, 6) is -2.89. The van der Waals surface area contributed by atoms with Crippen molar-refractivity contribution >= 4 is 17.7 Å². The lowest BCUT2D eigenvalue weighted by atomic mass is 10.0. The summed E-state index contributed by atoms with van der Waals surface area (Å²) in [6, 6.07) is 6.88. The maximum absolute atomic E-state index is 13.8. The number of nitrogens with one attached hydrogen (secondary N) is 2. The van der Waals surface area contributed by atoms with Gasteiger partial charge >= 0.3 is 0 Å². The number of carbonyl (C=O) groups excluding carboxylic acids is 3. The molecular formula is C21H19F2N3O4. The van der Waals surface area contributed by atoms with Crippen LogP contribution in [0.3, 0.4) is 0 Å². The number of hydrogen-bond acceptors (Lipinski definition) is 4. The van der Waals surface area contributed by atoms with Crippen molar-refractivity contribution < 1.29 is 28.3 Å². The fourth-order valence-electron chi connectivity index (χ4n) is 3.90. The van der Waals surface area contributed by atoms with E-state index in [2.05, 4.69) is 10.6 Å². The van der Waals surface area contributed by atoms with Gasteiger partial charge < -0.3 is 20.6 Å². The summed E-state index contributed by atoms with van der Waals surface area (Å²) >= 11 is 0. The predicted octanol–water partition coefficient (Wildman–Crippen LogP) is 1.11. The molecule has 2 aliphatic rings. The average Bonchev–Trinajstić information content (AvgIpc) is 3.14. The minimum absolute atomic E-state index is 0.102. The van der Waals surface area contributed by atoms with Crippen LogP contribution in [0.2, 0.25) is 0 Å². The van der Waals surface area contributed by atoms with E-state index >= 15 is 0 Å². The van der Waals surface area contributed by atoms with E-state index in [1.807, 2.05) is 0 Å². The lowest BCUT2D eigenvalue weighted by molar-refractivity contribution is -0.147. The molecule has 3 amide bonds. The molecule has 0 aliphatic carbocycles. The molecule has 0 aromatic heterocycles. The van der Waals surface area contributed by atoms with Crippen LogP contribution in [0.4, 0.5) is 8.78 Å². The Morgan fingerprint density at radius 3 is 2.63 bits per heavy atom. The molecule has 4 rings (SSSR count). The Bertz CT molecular complexity index is 1010. The van der Waals surface area contributed by atoms with Gasteiger partial charge in [-0.2, -0.15) is 0 Å². The first-order chi connectivity index (χ1) is 14.3. The van der Waals surface area contributed by atoms with Gasteiger partial charge in [0.25, 0.3) is 5.91 Å². The highest BCUT2D eigenvalue weighted by atomic mass is 19.1. The molecule has 0 bridgehead atoms. The zero-order valence-corrected chi connectivity index (χ0v) is 15.8. The summed E-state index contributed by atoms with van der Waals surface area (Å²) < 4.78 is 27.2. The third-order valence-corrected chi connectivity index (χ3v) is 5.39. The number of benzene rings is 2. The predicted molar refractivity (Wildman–Crippen MR) is 101 cm³/mol. The van der Waals surface area contributed by atoms with Crippen LogP contribution in [0.5, 0.6) is 5.75 Å². The lowest BCUT2D eigenvalue weighted by Crippen LogP contribution is -2.61. The van der Waals surface area contributed by atoms with Gasteiger partial charge in [-0.25, -0.2) is 8.78 Å². The van der Waals surface area contributed by atoms with Crippen LogP contribution in [0, 0.1) is 11.6 Å². The van der Waals surface area contributed by atoms with Crippen molar-refractivity contribution in [3.05, 3.63) is 65.2 Å². The number of fused-ring (bicyclic) bond motifs is 1. The molecule has 0 radical (unpaired) electrons. The smallest absolute Gasteiger partial charge is 0.254 e. The van der Waals surface area contributed by atoms with Crippen LogP contribution < -0.4 is 10.6 Å². The number of halogens is 2. The zero-order chi connectivity index (χ0) is 21.4. The second kappa shape index (κ2) is 7.74. The molecule has 2 heterocycles. The summed E-state index contributed by atoms with van der Waals surface area (Å²) in [6.45, 7) is 0.103. The van der Waals surface area contributed by atoms with E-state index < -0.39 is 41.2 Å². The van der Waals surface area contributed by atoms with Gasteiger partial charge in [0.1, 0.15) is 29.5 Å². The summed E-state index contributed by atoms with van der Waals surface area (Å²) in [5, 5.41) is 14.7. The van der Waals surface area contributed by atoms with Gasteiger partial charge in [0.2, 0.25) is 11.8 Å². The topological polar surface area (TPSA) is 98.7 Å². The van der Waals surface area contributed by atoms with Crippen molar-refractivity contribution in [3.8, 4) is 5.75 Å². The molecule has 2 aromatic carbocycles. The molecule has 2 aliphatic heterocycles. The van der Waals surface area contributed by atoms with Crippen LogP contribution >= 0.6 is 0 Å². The van der Waals surface area contributed by atoms with Crippen molar-refractivity contribution in [2.45, 2.75) is 31.0 Å². The van der Waals surface area contributed by atoms with Gasteiger partial charge in [0, 0.05) is 19.0 Å². The number of piperazine rings is 1. The number of amides is 3. The highest BCUT2D eigenvalue weighted by molar-refractivity contribution is 5.98. The normalized spacial score (nSPS) is 23.1. The minimum Gasteiger partial charge on any atom is -0.508 e. The Morgan fingerprint density at radius 1 is 1.17 bits per heavy atom. The summed E-state index contributed by atoms with van der Waals surface area (Å²) in [5.41, 5.74) is 0.344. The molecule has 156 valence electrons. The minimum atomic E-state index is -0.854. The molecular weight excluding hydrogens is 396 g/mol. The van der Waals surface area contributed by atoms with Crippen molar-refractivity contribution in [2.24, 2.45) is 0 Å². The van der Waals surface area contributed by atoms with Crippen LogP contribution in [-0.4, -0.2) is 52.4 Å². The highest BCUT2D eigenvalue weighted by Gasteiger charge is 2.46. The highest BCUT2D eigenvalue weighted by Crippen LogP contribution is 2.25. The molecule has 0 unspecified atom stereocenters. The van der Waals surface area contributed by atoms with E-state index in [1.54, 1.807) is 12.1 Å². The van der Waals surface area contributed by atoms with Crippen LogP contribution in [0.15, 0.2) is 42.5 Å². The Hall–Kier alpha value is -3.49. The number of rotatable bonds is 4. The Balaban J connectivity index is 1.44. The molecule has 0 spiro atoms. The van der Waals surface area contributed by atoms with E-state index in [0.29, 0.717) is 0 Å². The van der Waals surface area contributed by atoms with E-state index in [-0.39, 0.29) is 37.0 Å². The first kappa shape index (κ1) is 19.8. The summed E-state index contributed by atoms with van der Waals surface area (Å²) in [7, 11) is 0. The Kier molecular flexibility index (Phi) is 5.11. The Labute approximate surface area is 170 Å². The number of phenols is 1. The quantitative estimate of drug-likeness (QED) is 0.697. The molecule has 2 fully saturated rings. The van der Waals surface area contributed by atoms with Crippen molar-refractivity contribution in [1.29, 1.82) is 0 Å². The van der Waals surface area contributed by atoms with Gasteiger partial charge in [-0.1, -0.05) is 12.1 Å². The SMILES string of the molecule is O=C(N[C@H]1C[C@H]2C(=O)N[C@@H](Cc3ccc(O)cc3)C(=O)N2C1)c1cc(F)ccc1F. The largest absolute Gasteiger partial charge is 0.508 e. The molecule has 0 saturated carbocycles. The first-order valence-corrected chi connectivity index (χ1v) is 9.46. The van der Waals surface area contributed by atoms with Crippen molar-refractivity contribution in [1.82, 2.24) is 15.5 Å². The number of hydrogen-bond donors (Lipinski definition) is 3. The van der Waals surface area contributed by atoms with Crippen LogP contribution in [-0.2, 0) is 16.0 Å². The molecule has 30 heavy (non-hydrogen) atoms. The second-order valence-electron chi connectivity index (χ2n) is 7.47. The third-order valence-electron chi connectivity index (χ3n) is 5.39. The maximum atomic E-state index is 13.8. The lowest BCUT2D eigenvalue weighted by Gasteiger charge is -2.34. The van der Waals surface area contributed by atoms with Gasteiger partial charge in [-0.15, -0.1) is 0 Å². The van der Waals surface area contributed by atoms with E-state index in [9.17, 15) is 28.3 Å². The molecule has 3 atom stereocenters. The maximum Gasteiger partial charge on any atom is 0.254 e. The number of carbonyl (C=O) groups is 3. The van der Waals surface area contributed by atoms with Crippen molar-refractivity contribution in [2.75, 3.05) is 6.54 Å². The van der Waals surface area contributed by atoms with E-state index in [4.69, 9.17) is 0 Å². The van der Waals surface area contributed by atoms with Gasteiger partial charge in [-0.05, 0) is 42.3 Å². The number of phenolic OH excluding ortho intramolecular Hbond substituents is 1. The average molecular weight is 415 g/mol. The molecule has 9 heteroatoms. The van der Waals surface area contributed by atoms with E-state index in [1.165, 1.54) is 17.0 Å². The van der Waals surface area contributed by atoms with E-state index in [0.717, 1.165) is 23.8 Å². The molecule has 3 N–H and O–H groups in total. The fraction of sp³-hybridized carbons (Fsp3) is 0.286. The van der Waals surface area contributed by atoms with Crippen molar-refractivity contribution in [3.63, 3.8) is 0 Å². The zero-order valence-electron chi connectivity index (χ0n) is 15.8. The second-order valence-corrected chi connectivity index (χ2v) is 7.47. The van der Waals surface area contributed by atoms with Crippen LogP contribution in [0.25, 0.3) is 0 Å². The number of aromatic hydroxyl groups is 1. The summed E-state index contributed by atoms with van der Waals surface area (Å²) in [4.78, 5) is 39.1. The monoisotopic (exact) mass is 415 g/mol. The van der Waals surface area contributed by atoms with Gasteiger partial charge in [-0.3, -0.25) is 14.4 Å². The summed E-state index contributed by atoms with van der Waals surface area (Å²) in [6.07, 6.45) is 0.450. The Morgan fingerprint density at radius 2 is 1.90 bits per heavy atom. The van der Waals surface area contributed by atoms with Crippen LogP contribution in [0.1, 0.15) is 22.3 Å². The van der Waals surface area contributed by atoms with Gasteiger partial charge in [0.05, 0.1) is 5.56 Å². The first-order valence-electron chi connectivity index (χ1n) is 9.46.